The molecule has 0 spiro atoms. The fourth-order valence-corrected chi connectivity index (χ4v) is 5.27. The number of nitrogens with zero attached hydrogens (tertiary/aromatic N) is 2. The topological polar surface area (TPSA) is 73.1 Å². The molecule has 2 aliphatic carbocycles. The van der Waals surface area contributed by atoms with Crippen LogP contribution >= 0.6 is 11.6 Å². The van der Waals surface area contributed by atoms with E-state index < -0.39 is 29.6 Å². The van der Waals surface area contributed by atoms with Crippen molar-refractivity contribution in [3.63, 3.8) is 0 Å². The number of aryl methyl sites for hydroxylation is 2. The van der Waals surface area contributed by atoms with E-state index >= 15 is 0 Å². The molecule has 0 radical (unpaired) electrons. The predicted molar refractivity (Wildman–Crippen MR) is 123 cm³/mol. The third-order valence-electron chi connectivity index (χ3n) is 7.15. The van der Waals surface area contributed by atoms with Crippen LogP contribution in [0.25, 0.3) is 22.5 Å². The number of carbonyl (C=O) groups excluding carboxylic acids is 2. The Kier molecular flexibility index (Phi) is 6.01. The van der Waals surface area contributed by atoms with Crippen LogP contribution in [0, 0.1) is 18.2 Å². The maximum absolute atomic E-state index is 14.9. The minimum absolute atomic E-state index is 0.0939. The molecule has 5 rings (SSSR count). The van der Waals surface area contributed by atoms with E-state index in [1.807, 2.05) is 12.1 Å². The molecule has 0 amide bonds. The molecule has 3 aromatic rings. The molecular formula is C26H21ClF4N2O3. The molecule has 188 valence electrons. The smallest absolute Gasteiger partial charge is 0.339 e. The van der Waals surface area contributed by atoms with Crippen LogP contribution in [0.4, 0.5) is 17.6 Å². The number of fused-ring (bicyclic) bond motifs is 1. The van der Waals surface area contributed by atoms with Gasteiger partial charge in [0.25, 0.3) is 0 Å². The van der Waals surface area contributed by atoms with Crippen LogP contribution in [-0.4, -0.2) is 27.9 Å². The second kappa shape index (κ2) is 8.80. The first-order valence-electron chi connectivity index (χ1n) is 11.5. The monoisotopic (exact) mass is 520 g/mol. The van der Waals surface area contributed by atoms with E-state index in [0.717, 1.165) is 11.1 Å². The lowest BCUT2D eigenvalue weighted by Gasteiger charge is -2.18. The number of hydrogen-bond donors (Lipinski definition) is 0. The van der Waals surface area contributed by atoms with Gasteiger partial charge in [-0.2, -0.15) is 18.2 Å². The predicted octanol–water partition coefficient (Wildman–Crippen LogP) is 6.80. The molecule has 0 bridgehead atoms. The summed E-state index contributed by atoms with van der Waals surface area (Å²) in [5.74, 6) is -2.47. The van der Waals surface area contributed by atoms with Crippen LogP contribution < -0.4 is 0 Å². The molecular weight excluding hydrogens is 500 g/mol. The fraction of sp³-hybridized carbons (Fsp3) is 0.385. The lowest BCUT2D eigenvalue weighted by atomic mass is 9.85. The largest absolute Gasteiger partial charge is 0.450 e. The summed E-state index contributed by atoms with van der Waals surface area (Å²) in [6.07, 6.45) is -3.66. The summed E-state index contributed by atoms with van der Waals surface area (Å²) in [6, 6.07) is 8.36. The summed E-state index contributed by atoms with van der Waals surface area (Å²) in [4.78, 5) is 28.6. The number of hydrogen-bond acceptors (Lipinski definition) is 5. The van der Waals surface area contributed by atoms with Crippen LogP contribution in [0.3, 0.4) is 0 Å². The molecule has 1 saturated carbocycles. The van der Waals surface area contributed by atoms with Crippen molar-refractivity contribution in [2.45, 2.75) is 57.5 Å². The third-order valence-corrected chi connectivity index (χ3v) is 7.37. The molecule has 1 heterocycles. The van der Waals surface area contributed by atoms with Crippen molar-refractivity contribution < 1.29 is 31.7 Å². The van der Waals surface area contributed by atoms with E-state index in [1.165, 1.54) is 6.07 Å². The van der Waals surface area contributed by atoms with E-state index in [9.17, 15) is 27.2 Å². The van der Waals surface area contributed by atoms with Gasteiger partial charge >= 0.3 is 6.18 Å². The molecule has 1 aromatic heterocycles. The van der Waals surface area contributed by atoms with Crippen LogP contribution in [0.1, 0.15) is 55.0 Å². The Morgan fingerprint density at radius 3 is 2.58 bits per heavy atom. The first-order chi connectivity index (χ1) is 17.0. The van der Waals surface area contributed by atoms with Crippen molar-refractivity contribution in [2.24, 2.45) is 5.41 Å². The molecule has 10 heteroatoms. The zero-order valence-corrected chi connectivity index (χ0v) is 20.0. The Morgan fingerprint density at radius 1 is 1.19 bits per heavy atom. The number of Topliss-reactive ketones (excluding diaryl/α,β-unsaturated/α-hetero) is 2. The van der Waals surface area contributed by atoms with Gasteiger partial charge in [-0.3, -0.25) is 9.59 Å². The lowest BCUT2D eigenvalue weighted by Crippen LogP contribution is -2.29. The average Bonchev–Trinajstić information content (AvgIpc) is 3.29. The zero-order valence-electron chi connectivity index (χ0n) is 19.2. The van der Waals surface area contributed by atoms with Crippen molar-refractivity contribution in [1.29, 1.82) is 0 Å². The Morgan fingerprint density at radius 2 is 1.94 bits per heavy atom. The minimum Gasteiger partial charge on any atom is -0.339 e. The first-order valence-corrected chi connectivity index (χ1v) is 11.9. The molecule has 36 heavy (non-hydrogen) atoms. The van der Waals surface area contributed by atoms with Gasteiger partial charge in [0.15, 0.2) is 0 Å². The zero-order chi connectivity index (χ0) is 25.8. The molecule has 0 saturated heterocycles. The maximum Gasteiger partial charge on any atom is 0.450 e. The van der Waals surface area contributed by atoms with E-state index in [4.69, 9.17) is 16.1 Å². The summed E-state index contributed by atoms with van der Waals surface area (Å²) in [7, 11) is 0. The first kappa shape index (κ1) is 24.6. The van der Waals surface area contributed by atoms with E-state index in [2.05, 4.69) is 10.1 Å². The van der Waals surface area contributed by atoms with Crippen molar-refractivity contribution in [2.75, 3.05) is 0 Å². The van der Waals surface area contributed by atoms with Gasteiger partial charge in [-0.1, -0.05) is 35.0 Å². The lowest BCUT2D eigenvalue weighted by molar-refractivity contribution is -0.172. The molecule has 0 N–H and O–H groups in total. The van der Waals surface area contributed by atoms with Crippen LogP contribution in [-0.2, 0) is 16.0 Å². The number of aromatic nitrogens is 2. The van der Waals surface area contributed by atoms with Gasteiger partial charge in [0.1, 0.15) is 11.6 Å². The molecule has 1 atom stereocenters. The van der Waals surface area contributed by atoms with E-state index in [0.29, 0.717) is 36.8 Å². The number of benzene rings is 2. The highest BCUT2D eigenvalue weighted by molar-refractivity contribution is 6.31. The van der Waals surface area contributed by atoms with Gasteiger partial charge in [0.05, 0.1) is 5.56 Å². The summed E-state index contributed by atoms with van der Waals surface area (Å²) in [6.45, 7) is 1.60. The van der Waals surface area contributed by atoms with E-state index in [-0.39, 0.29) is 40.4 Å². The second-order valence-electron chi connectivity index (χ2n) is 9.60. The highest BCUT2D eigenvalue weighted by atomic mass is 35.5. The van der Waals surface area contributed by atoms with Crippen LogP contribution in [0.5, 0.6) is 0 Å². The van der Waals surface area contributed by atoms with Gasteiger partial charge in [-0.05, 0) is 66.0 Å². The standard InChI is InChI=1S/C26H21ClF4N2O3/c1-13-32-24(33-36-13)23-19(10-17(27)11-20(23)28)15-4-5-18-14(8-15)2-3-16(18)9-21(34)25(6-7-25)12-22(35)26(29,30)31/h4-5,8,10-11,16H,2-3,6-7,9,12H2,1H3. The minimum atomic E-state index is -4.93. The Labute approximate surface area is 208 Å². The van der Waals surface area contributed by atoms with E-state index in [1.54, 1.807) is 19.1 Å². The molecule has 0 aliphatic heterocycles. The number of ketones is 2. The molecule has 5 nitrogen and oxygen atoms in total. The molecule has 2 aliphatic rings. The molecule has 2 aromatic carbocycles. The highest BCUT2D eigenvalue weighted by Crippen LogP contribution is 2.53. The van der Waals surface area contributed by atoms with Gasteiger partial charge in [0.2, 0.25) is 17.5 Å². The molecule has 1 unspecified atom stereocenters. The summed E-state index contributed by atoms with van der Waals surface area (Å²) in [5, 5.41) is 4.05. The van der Waals surface area contributed by atoms with Gasteiger partial charge in [-0.15, -0.1) is 0 Å². The van der Waals surface area contributed by atoms with Crippen molar-refractivity contribution in [3.8, 4) is 22.5 Å². The van der Waals surface area contributed by atoms with Gasteiger partial charge in [-0.25, -0.2) is 4.39 Å². The summed E-state index contributed by atoms with van der Waals surface area (Å²) >= 11 is 6.14. The van der Waals surface area contributed by atoms with Gasteiger partial charge in [0, 0.05) is 30.2 Å². The van der Waals surface area contributed by atoms with Gasteiger partial charge < -0.3 is 4.52 Å². The molecule has 1 fully saturated rings. The van der Waals surface area contributed by atoms with Crippen molar-refractivity contribution in [3.05, 3.63) is 58.2 Å². The number of rotatable bonds is 7. The fourth-order valence-electron chi connectivity index (χ4n) is 5.07. The second-order valence-corrected chi connectivity index (χ2v) is 10.0. The summed E-state index contributed by atoms with van der Waals surface area (Å²) in [5.41, 5.74) is 2.07. The van der Waals surface area contributed by atoms with Crippen LogP contribution in [0.15, 0.2) is 34.9 Å². The summed E-state index contributed by atoms with van der Waals surface area (Å²) < 4.78 is 58.1. The van der Waals surface area contributed by atoms with Crippen LogP contribution in [0.2, 0.25) is 5.02 Å². The van der Waals surface area contributed by atoms with Crippen molar-refractivity contribution >= 4 is 23.2 Å². The number of carbonyl (C=O) groups is 2. The number of alkyl halides is 3. The van der Waals surface area contributed by atoms with Crippen molar-refractivity contribution in [1.82, 2.24) is 10.1 Å². The number of halogens is 5. The Bertz CT molecular complexity index is 1380. The average molecular weight is 521 g/mol. The third kappa shape index (κ3) is 4.56. The normalized spacial score (nSPS) is 18.2. The maximum atomic E-state index is 14.9. The SMILES string of the molecule is Cc1nc(-c2c(F)cc(Cl)cc2-c2ccc3c(c2)CCC3CC(=O)C2(CC(=O)C(F)(F)F)CC2)no1. The quantitative estimate of drug-likeness (QED) is 0.320. The highest BCUT2D eigenvalue weighted by Gasteiger charge is 2.54. The Balaban J connectivity index is 1.40. The Hall–Kier alpha value is -3.07.